The molecule has 23 heavy (non-hydrogen) atoms. The molecule has 122 valence electrons. The van der Waals surface area contributed by atoms with Crippen LogP contribution in [0.5, 0.6) is 5.88 Å². The van der Waals surface area contributed by atoms with Gasteiger partial charge in [0, 0.05) is 6.07 Å². The fourth-order valence-electron chi connectivity index (χ4n) is 2.59. The molecule has 0 unspecified atom stereocenters. The third-order valence-corrected chi connectivity index (χ3v) is 3.68. The Labute approximate surface area is 132 Å². The number of hydrogen-bond acceptors (Lipinski definition) is 8. The predicted octanol–water partition coefficient (Wildman–Crippen LogP) is 3.14. The molecule has 1 saturated carbocycles. The van der Waals surface area contributed by atoms with Crippen molar-refractivity contribution in [1.29, 1.82) is 0 Å². The van der Waals surface area contributed by atoms with E-state index in [1.807, 2.05) is 0 Å². The Bertz CT molecular complexity index is 696. The average Bonchev–Trinajstić information content (AvgIpc) is 2.93. The van der Waals surface area contributed by atoms with Crippen LogP contribution in [0.25, 0.3) is 0 Å². The molecule has 1 aliphatic rings. The molecule has 0 radical (unpaired) electrons. The maximum atomic E-state index is 11.4. The lowest BCUT2D eigenvalue weighted by molar-refractivity contribution is -0.385. The van der Waals surface area contributed by atoms with E-state index in [1.165, 1.54) is 12.7 Å². The average molecular weight is 319 g/mol. The van der Waals surface area contributed by atoms with Crippen molar-refractivity contribution >= 4 is 17.3 Å². The van der Waals surface area contributed by atoms with Gasteiger partial charge in [0.1, 0.15) is 18.2 Å². The van der Waals surface area contributed by atoms with Gasteiger partial charge in [-0.05, 0) is 32.6 Å². The van der Waals surface area contributed by atoms with Gasteiger partial charge in [-0.15, -0.1) is 0 Å². The normalized spacial score (nSPS) is 15.3. The molecule has 0 spiro atoms. The molecule has 2 aromatic heterocycles. The molecule has 1 N–H and O–H groups in total. The van der Waals surface area contributed by atoms with Crippen LogP contribution in [0.15, 0.2) is 16.9 Å². The van der Waals surface area contributed by atoms with Gasteiger partial charge in [0.25, 0.3) is 5.88 Å². The van der Waals surface area contributed by atoms with Crippen LogP contribution in [0, 0.1) is 17.0 Å². The van der Waals surface area contributed by atoms with E-state index in [0.29, 0.717) is 11.6 Å². The van der Waals surface area contributed by atoms with Gasteiger partial charge in [-0.3, -0.25) is 10.1 Å². The topological polar surface area (TPSA) is 116 Å². The standard InChI is InChI=1S/C14H17N5O4/c1-9-7-11(18-23-9)17-13-12(19(20)21)14(16-8-15-13)22-10-5-3-2-4-6-10/h7-8,10H,2-6H2,1H3,(H,15,16,17,18). The molecule has 0 bridgehead atoms. The van der Waals surface area contributed by atoms with Crippen molar-refractivity contribution in [1.82, 2.24) is 15.1 Å². The van der Waals surface area contributed by atoms with Crippen molar-refractivity contribution < 1.29 is 14.2 Å². The Morgan fingerprint density at radius 3 is 2.78 bits per heavy atom. The maximum absolute atomic E-state index is 11.4. The smallest absolute Gasteiger partial charge is 0.373 e. The van der Waals surface area contributed by atoms with Gasteiger partial charge in [-0.1, -0.05) is 11.6 Å². The minimum atomic E-state index is -0.548. The fraction of sp³-hybridized carbons (Fsp3) is 0.500. The van der Waals surface area contributed by atoms with Crippen molar-refractivity contribution in [2.45, 2.75) is 45.1 Å². The number of nitrogens with one attached hydrogen (secondary N) is 1. The number of aromatic nitrogens is 3. The Kier molecular flexibility index (Phi) is 4.35. The van der Waals surface area contributed by atoms with Gasteiger partial charge < -0.3 is 14.6 Å². The second-order valence-electron chi connectivity index (χ2n) is 5.46. The van der Waals surface area contributed by atoms with Crippen molar-refractivity contribution in [3.63, 3.8) is 0 Å². The zero-order valence-electron chi connectivity index (χ0n) is 12.7. The zero-order valence-corrected chi connectivity index (χ0v) is 12.7. The molecule has 0 saturated heterocycles. The highest BCUT2D eigenvalue weighted by molar-refractivity contribution is 5.66. The first-order valence-electron chi connectivity index (χ1n) is 7.50. The van der Waals surface area contributed by atoms with Gasteiger partial charge >= 0.3 is 5.69 Å². The second-order valence-corrected chi connectivity index (χ2v) is 5.46. The van der Waals surface area contributed by atoms with Gasteiger partial charge in [-0.2, -0.15) is 4.98 Å². The summed E-state index contributed by atoms with van der Waals surface area (Å²) in [5.74, 6) is 0.944. The van der Waals surface area contributed by atoms with Crippen LogP contribution in [-0.4, -0.2) is 26.2 Å². The predicted molar refractivity (Wildman–Crippen MR) is 80.7 cm³/mol. The van der Waals surface area contributed by atoms with Gasteiger partial charge in [0.15, 0.2) is 5.82 Å². The Balaban J connectivity index is 1.87. The summed E-state index contributed by atoms with van der Waals surface area (Å²) in [6.07, 6.45) is 6.25. The third-order valence-electron chi connectivity index (χ3n) is 3.68. The summed E-state index contributed by atoms with van der Waals surface area (Å²) in [5.41, 5.74) is -0.293. The van der Waals surface area contributed by atoms with Crippen LogP contribution < -0.4 is 10.1 Å². The summed E-state index contributed by atoms with van der Waals surface area (Å²) in [4.78, 5) is 18.8. The lowest BCUT2D eigenvalue weighted by Crippen LogP contribution is -2.21. The van der Waals surface area contributed by atoms with E-state index in [9.17, 15) is 10.1 Å². The van der Waals surface area contributed by atoms with Crippen molar-refractivity contribution in [2.24, 2.45) is 0 Å². The molecule has 0 amide bonds. The number of aryl methyl sites for hydroxylation is 1. The summed E-state index contributed by atoms with van der Waals surface area (Å²) in [6.45, 7) is 1.73. The first kappa shape index (κ1) is 15.2. The van der Waals surface area contributed by atoms with E-state index in [0.717, 1.165) is 25.7 Å². The molecule has 0 atom stereocenters. The number of nitro groups is 1. The SMILES string of the molecule is Cc1cc(Nc2ncnc(OC3CCCCC3)c2[N+](=O)[O-])no1. The highest BCUT2D eigenvalue weighted by Gasteiger charge is 2.28. The Morgan fingerprint density at radius 1 is 1.35 bits per heavy atom. The quantitative estimate of drug-likeness (QED) is 0.660. The second kappa shape index (κ2) is 6.59. The molecule has 2 aromatic rings. The van der Waals surface area contributed by atoms with Crippen LogP contribution >= 0.6 is 0 Å². The minimum absolute atomic E-state index is 0.0142. The number of hydrogen-bond donors (Lipinski definition) is 1. The molecule has 3 rings (SSSR count). The number of rotatable bonds is 5. The number of ether oxygens (including phenoxy) is 1. The molecule has 0 aromatic carbocycles. The molecule has 1 fully saturated rings. The van der Waals surface area contributed by atoms with E-state index in [1.54, 1.807) is 13.0 Å². The van der Waals surface area contributed by atoms with E-state index < -0.39 is 4.92 Å². The zero-order chi connectivity index (χ0) is 16.2. The summed E-state index contributed by atoms with van der Waals surface area (Å²) in [6, 6.07) is 1.62. The Morgan fingerprint density at radius 2 is 2.13 bits per heavy atom. The van der Waals surface area contributed by atoms with Gasteiger partial charge in [0.05, 0.1) is 4.92 Å². The highest BCUT2D eigenvalue weighted by atomic mass is 16.6. The molecular formula is C14H17N5O4. The van der Waals surface area contributed by atoms with Crippen molar-refractivity contribution in [3.05, 3.63) is 28.3 Å². The van der Waals surface area contributed by atoms with Crippen LogP contribution in [0.3, 0.4) is 0 Å². The highest BCUT2D eigenvalue weighted by Crippen LogP contribution is 2.34. The van der Waals surface area contributed by atoms with E-state index in [-0.39, 0.29) is 23.5 Å². The van der Waals surface area contributed by atoms with Crippen LogP contribution in [0.2, 0.25) is 0 Å². The molecule has 0 aliphatic heterocycles. The fourth-order valence-corrected chi connectivity index (χ4v) is 2.59. The summed E-state index contributed by atoms with van der Waals surface area (Å²) in [5, 5.41) is 18.0. The number of anilines is 2. The summed E-state index contributed by atoms with van der Waals surface area (Å²) < 4.78 is 10.7. The molecule has 2 heterocycles. The van der Waals surface area contributed by atoms with Crippen molar-refractivity contribution in [3.8, 4) is 5.88 Å². The first-order chi connectivity index (χ1) is 11.1. The Hall–Kier alpha value is -2.71. The summed E-state index contributed by atoms with van der Waals surface area (Å²) >= 11 is 0. The third kappa shape index (κ3) is 3.55. The lowest BCUT2D eigenvalue weighted by atomic mass is 9.98. The monoisotopic (exact) mass is 319 g/mol. The molecule has 1 aliphatic carbocycles. The molecule has 9 nitrogen and oxygen atoms in total. The van der Waals surface area contributed by atoms with Crippen molar-refractivity contribution in [2.75, 3.05) is 5.32 Å². The van der Waals surface area contributed by atoms with E-state index in [2.05, 4.69) is 20.4 Å². The maximum Gasteiger partial charge on any atom is 0.373 e. The van der Waals surface area contributed by atoms with Crippen LogP contribution in [-0.2, 0) is 0 Å². The summed E-state index contributed by atoms with van der Waals surface area (Å²) in [7, 11) is 0. The first-order valence-corrected chi connectivity index (χ1v) is 7.50. The lowest BCUT2D eigenvalue weighted by Gasteiger charge is -2.22. The van der Waals surface area contributed by atoms with Crippen LogP contribution in [0.1, 0.15) is 37.9 Å². The number of nitrogens with zero attached hydrogens (tertiary/aromatic N) is 4. The van der Waals surface area contributed by atoms with Gasteiger partial charge in [-0.25, -0.2) is 4.98 Å². The largest absolute Gasteiger partial charge is 0.469 e. The molecule has 9 heteroatoms. The molecular weight excluding hydrogens is 302 g/mol. The van der Waals surface area contributed by atoms with E-state index >= 15 is 0 Å². The minimum Gasteiger partial charge on any atom is -0.469 e. The van der Waals surface area contributed by atoms with Crippen LogP contribution in [0.4, 0.5) is 17.3 Å². The van der Waals surface area contributed by atoms with E-state index in [4.69, 9.17) is 9.26 Å². The van der Waals surface area contributed by atoms with Gasteiger partial charge in [0.2, 0.25) is 5.82 Å².